The number of nitrogens with one attached hydrogen (secondary N) is 3. The molecule has 1 fully saturated rings. The molecule has 0 radical (unpaired) electrons. The van der Waals surface area contributed by atoms with Gasteiger partial charge in [-0.25, -0.2) is 19.2 Å². The minimum absolute atomic E-state index is 0.0443. The van der Waals surface area contributed by atoms with Crippen LogP contribution in [-0.4, -0.2) is 64.8 Å². The molecular formula is C24H26FN7O6S. The van der Waals surface area contributed by atoms with E-state index < -0.39 is 23.9 Å². The third kappa shape index (κ3) is 6.06. The van der Waals surface area contributed by atoms with Crippen molar-refractivity contribution < 1.29 is 33.7 Å². The van der Waals surface area contributed by atoms with Crippen molar-refractivity contribution in [3.05, 3.63) is 63.7 Å². The van der Waals surface area contributed by atoms with E-state index in [-0.39, 0.29) is 59.8 Å². The Morgan fingerprint density at radius 2 is 2.10 bits per heavy atom. The molecule has 15 heteroatoms. The van der Waals surface area contributed by atoms with E-state index in [2.05, 4.69) is 15.8 Å². The van der Waals surface area contributed by atoms with E-state index in [1.807, 2.05) is 0 Å². The Morgan fingerprint density at radius 3 is 2.74 bits per heavy atom. The Labute approximate surface area is 226 Å². The third-order valence-electron chi connectivity index (χ3n) is 5.68. The van der Waals surface area contributed by atoms with Crippen LogP contribution in [0, 0.1) is 11.2 Å². The molecule has 1 aromatic heterocycles. The van der Waals surface area contributed by atoms with Crippen LogP contribution in [0.25, 0.3) is 0 Å². The molecule has 0 bridgehead atoms. The fraction of sp³-hybridized carbons (Fsp3) is 0.250. The first kappa shape index (κ1) is 27.7. The van der Waals surface area contributed by atoms with Gasteiger partial charge in [0.2, 0.25) is 0 Å². The van der Waals surface area contributed by atoms with E-state index in [1.54, 1.807) is 24.3 Å². The number of amides is 1. The van der Waals surface area contributed by atoms with E-state index in [4.69, 9.17) is 25.7 Å². The first-order valence-electron chi connectivity index (χ1n) is 11.6. The smallest absolute Gasteiger partial charge is 0.349 e. The van der Waals surface area contributed by atoms with Gasteiger partial charge in [0.1, 0.15) is 17.8 Å². The van der Waals surface area contributed by atoms with Gasteiger partial charge in [0, 0.05) is 35.9 Å². The highest BCUT2D eigenvalue weighted by molar-refractivity contribution is 7.12. The van der Waals surface area contributed by atoms with Crippen LogP contribution in [0.4, 0.5) is 15.9 Å². The number of hydrogen-bond acceptors (Lipinski definition) is 11. The highest BCUT2D eigenvalue weighted by Crippen LogP contribution is 2.35. The number of nitrogen functional groups attached to an aromatic ring is 1. The summed E-state index contributed by atoms with van der Waals surface area (Å²) >= 11 is 0.860. The summed E-state index contributed by atoms with van der Waals surface area (Å²) in [6.07, 6.45) is -0.767. The van der Waals surface area contributed by atoms with Crippen molar-refractivity contribution in [2.75, 3.05) is 37.2 Å². The zero-order chi connectivity index (χ0) is 28.1. The number of aromatic nitrogens is 1. The lowest BCUT2D eigenvalue weighted by molar-refractivity contribution is -0.116. The molecule has 1 aliphatic heterocycles. The number of methoxy groups -OCH3 is 1. The number of benzene rings is 2. The van der Waals surface area contributed by atoms with E-state index in [0.717, 1.165) is 16.3 Å². The van der Waals surface area contributed by atoms with Crippen molar-refractivity contribution in [2.45, 2.75) is 12.6 Å². The van der Waals surface area contributed by atoms with Crippen LogP contribution in [-0.2, 0) is 4.79 Å². The Bertz CT molecular complexity index is 1370. The lowest BCUT2D eigenvalue weighted by atomic mass is 10.1. The van der Waals surface area contributed by atoms with Crippen molar-refractivity contribution in [3.8, 4) is 11.5 Å². The van der Waals surface area contributed by atoms with Gasteiger partial charge in [0.05, 0.1) is 25.8 Å². The number of carboxylic acid groups (broad SMARTS) is 1. The zero-order valence-electron chi connectivity index (χ0n) is 20.7. The summed E-state index contributed by atoms with van der Waals surface area (Å²) in [7, 11) is 1.41. The van der Waals surface area contributed by atoms with Gasteiger partial charge in [-0.3, -0.25) is 10.2 Å². The molecule has 13 nitrogen and oxygen atoms in total. The molecular weight excluding hydrogens is 533 g/mol. The van der Waals surface area contributed by atoms with Crippen molar-refractivity contribution >= 4 is 40.6 Å². The zero-order valence-corrected chi connectivity index (χ0v) is 21.5. The Morgan fingerprint density at radius 1 is 1.36 bits per heavy atom. The van der Waals surface area contributed by atoms with Crippen molar-refractivity contribution in [1.82, 2.24) is 15.5 Å². The van der Waals surface area contributed by atoms with E-state index in [1.165, 1.54) is 29.8 Å². The molecule has 0 saturated carbocycles. The Hall–Kier alpha value is -4.31. The number of aromatic carboxylic acids is 1. The maximum Gasteiger partial charge on any atom is 0.349 e. The fourth-order valence-corrected chi connectivity index (χ4v) is 4.39. The molecule has 206 valence electrons. The number of rotatable bonds is 12. The summed E-state index contributed by atoms with van der Waals surface area (Å²) in [4.78, 5) is 28.5. The number of nitrogens with two attached hydrogens (primary N) is 1. The van der Waals surface area contributed by atoms with E-state index in [9.17, 15) is 14.7 Å². The van der Waals surface area contributed by atoms with Crippen molar-refractivity contribution in [3.63, 3.8) is 0 Å². The van der Waals surface area contributed by atoms with Gasteiger partial charge in [-0.2, -0.15) is 10.5 Å². The summed E-state index contributed by atoms with van der Waals surface area (Å²) in [5, 5.41) is 31.7. The average molecular weight is 560 g/mol. The molecule has 0 spiro atoms. The average Bonchev–Trinajstić information content (AvgIpc) is 3.55. The quantitative estimate of drug-likeness (QED) is 0.108. The number of ether oxygens (including phenoxy) is 2. The number of thiazole rings is 1. The molecule has 1 aliphatic rings. The normalized spacial score (nSPS) is 14.3. The van der Waals surface area contributed by atoms with Crippen molar-refractivity contribution in [1.29, 1.82) is 5.41 Å². The highest BCUT2D eigenvalue weighted by Gasteiger charge is 2.38. The van der Waals surface area contributed by atoms with Crippen LogP contribution in [0.3, 0.4) is 0 Å². The topological polar surface area (TPSA) is 186 Å². The highest BCUT2D eigenvalue weighted by atomic mass is 32.1. The number of hydrazine groups is 2. The van der Waals surface area contributed by atoms with Crippen LogP contribution in [0.2, 0.25) is 0 Å². The molecule has 1 atom stereocenters. The number of halogens is 1. The van der Waals surface area contributed by atoms with E-state index >= 15 is 4.39 Å². The predicted molar refractivity (Wildman–Crippen MR) is 140 cm³/mol. The number of carbonyl (C=O) groups excluding carboxylic acids is 1. The molecule has 0 aliphatic carbocycles. The largest absolute Gasteiger partial charge is 0.497 e. The molecule has 1 unspecified atom stereocenters. The SMILES string of the molecule is COc1cc(OCCCO)c(F)c(C(Nc2ccc(C(=N)N)cc2)N2CC(=O)N(c3ncsc3C(=O)O)N2)c1. The lowest BCUT2D eigenvalue weighted by Crippen LogP contribution is -2.45. The van der Waals surface area contributed by atoms with Gasteiger partial charge >= 0.3 is 5.97 Å². The van der Waals surface area contributed by atoms with Gasteiger partial charge in [-0.05, 0) is 30.3 Å². The van der Waals surface area contributed by atoms with Crippen LogP contribution >= 0.6 is 11.3 Å². The fourth-order valence-electron chi connectivity index (χ4n) is 3.79. The third-order valence-corrected chi connectivity index (χ3v) is 6.48. The van der Waals surface area contributed by atoms with Gasteiger partial charge in [-0.15, -0.1) is 11.3 Å². The second-order valence-electron chi connectivity index (χ2n) is 8.26. The first-order chi connectivity index (χ1) is 18.7. The lowest BCUT2D eigenvalue weighted by Gasteiger charge is -2.30. The molecule has 2 heterocycles. The Balaban J connectivity index is 1.74. The maximum atomic E-state index is 15.9. The summed E-state index contributed by atoms with van der Waals surface area (Å²) in [6, 6.07) is 9.30. The minimum Gasteiger partial charge on any atom is -0.497 e. The van der Waals surface area contributed by atoms with Gasteiger partial charge in [-0.1, -0.05) is 0 Å². The second-order valence-corrected chi connectivity index (χ2v) is 9.11. The van der Waals surface area contributed by atoms with Crippen molar-refractivity contribution in [2.24, 2.45) is 5.73 Å². The van der Waals surface area contributed by atoms with Crippen LogP contribution in [0.15, 0.2) is 41.9 Å². The maximum absolute atomic E-state index is 15.9. The van der Waals surface area contributed by atoms with Crippen LogP contribution in [0.5, 0.6) is 11.5 Å². The molecule has 1 amide bonds. The molecule has 4 rings (SSSR count). The number of carbonyl (C=O) groups is 2. The standard InChI is InChI=1S/C24H26FN7O6S/c1-37-15-9-16(19(25)17(10-15)38-8-2-7-33)22(29-14-5-3-13(4-6-14)21(26)27)31-11-18(34)32(30-31)23-20(24(35)36)39-12-28-23/h3-6,9-10,12,22,29-30,33H,2,7-8,11H2,1H3,(H3,26,27)(H,35,36). The van der Waals surface area contributed by atoms with Crippen LogP contribution in [0.1, 0.15) is 33.4 Å². The number of aliphatic hydroxyl groups excluding tert-OH is 1. The summed E-state index contributed by atoms with van der Waals surface area (Å²) in [6.45, 7) is -0.360. The number of hydrogen-bond donors (Lipinski definition) is 6. The number of amidine groups is 1. The summed E-state index contributed by atoms with van der Waals surface area (Å²) in [5.74, 6) is -2.57. The summed E-state index contributed by atoms with van der Waals surface area (Å²) in [5.41, 5.74) is 10.7. The number of carboxylic acids is 1. The monoisotopic (exact) mass is 559 g/mol. The minimum atomic E-state index is -1.25. The molecule has 7 N–H and O–H groups in total. The molecule has 2 aromatic carbocycles. The van der Waals surface area contributed by atoms with Gasteiger partial charge < -0.3 is 30.7 Å². The number of aliphatic hydroxyl groups is 1. The number of anilines is 2. The number of nitrogens with zero attached hydrogens (tertiary/aromatic N) is 3. The first-order valence-corrected chi connectivity index (χ1v) is 12.5. The predicted octanol–water partition coefficient (Wildman–Crippen LogP) is 1.91. The molecule has 1 saturated heterocycles. The van der Waals surface area contributed by atoms with Crippen LogP contribution < -0.4 is 31.1 Å². The van der Waals surface area contributed by atoms with Gasteiger partial charge in [0.25, 0.3) is 5.91 Å². The van der Waals surface area contributed by atoms with E-state index in [0.29, 0.717) is 11.3 Å². The van der Waals surface area contributed by atoms with Gasteiger partial charge in [0.15, 0.2) is 22.3 Å². The summed E-state index contributed by atoms with van der Waals surface area (Å²) < 4.78 is 26.8. The second kappa shape index (κ2) is 12.0. The Kier molecular flexibility index (Phi) is 8.55. The molecule has 39 heavy (non-hydrogen) atoms. The molecule has 3 aromatic rings.